The van der Waals surface area contributed by atoms with Gasteiger partial charge in [0.25, 0.3) is 0 Å². The second-order valence-electron chi connectivity index (χ2n) is 11.1. The summed E-state index contributed by atoms with van der Waals surface area (Å²) in [6.45, 7) is 4.50. The standard InChI is InChI=1S/C33H41N3O4/c1-3-29(37)36(35-24(2)26-11-5-4-6-12-26)23-25-15-17-28(18-16-25)30(27-13-7-8-14-27)31(38)34-22-10-9-19-33(20-21-33)32(39)40/h4-6,9-12,15-18,27,30H,3,7-8,13-14,19-23H2,1-2H3,(H,34,38)(H,39,40)/b10-9+,35-24+. The predicted molar refractivity (Wildman–Crippen MR) is 157 cm³/mol. The van der Waals surface area contributed by atoms with E-state index in [9.17, 15) is 19.5 Å². The van der Waals surface area contributed by atoms with Gasteiger partial charge in [-0.1, -0.05) is 86.5 Å². The molecule has 1 atom stereocenters. The van der Waals surface area contributed by atoms with E-state index in [1.807, 2.05) is 80.6 Å². The lowest BCUT2D eigenvalue weighted by Crippen LogP contribution is -2.33. The summed E-state index contributed by atoms with van der Waals surface area (Å²) in [6, 6.07) is 17.8. The first-order valence-electron chi connectivity index (χ1n) is 14.5. The molecule has 2 aliphatic rings. The van der Waals surface area contributed by atoms with Gasteiger partial charge in [-0.25, -0.2) is 5.01 Å². The second-order valence-corrected chi connectivity index (χ2v) is 11.1. The number of carboxylic acid groups (broad SMARTS) is 1. The smallest absolute Gasteiger partial charge is 0.309 e. The van der Waals surface area contributed by atoms with Crippen molar-refractivity contribution in [2.24, 2.45) is 16.4 Å². The molecular weight excluding hydrogens is 502 g/mol. The number of carbonyl (C=O) groups excluding carboxylic acids is 2. The normalized spacial score (nSPS) is 17.5. The van der Waals surface area contributed by atoms with Crippen molar-refractivity contribution in [3.63, 3.8) is 0 Å². The highest BCUT2D eigenvalue weighted by atomic mass is 16.4. The van der Waals surface area contributed by atoms with Crippen molar-refractivity contribution in [1.82, 2.24) is 10.3 Å². The van der Waals surface area contributed by atoms with Gasteiger partial charge in [-0.15, -0.1) is 0 Å². The molecule has 0 heterocycles. The fourth-order valence-electron chi connectivity index (χ4n) is 5.53. The Balaban J connectivity index is 1.42. The van der Waals surface area contributed by atoms with E-state index in [1.165, 1.54) is 5.01 Å². The lowest BCUT2D eigenvalue weighted by Gasteiger charge is -2.24. The first-order valence-corrected chi connectivity index (χ1v) is 14.5. The van der Waals surface area contributed by atoms with E-state index in [0.717, 1.165) is 60.9 Å². The van der Waals surface area contributed by atoms with Crippen LogP contribution in [0.5, 0.6) is 0 Å². The molecule has 0 saturated heterocycles. The average molecular weight is 544 g/mol. The van der Waals surface area contributed by atoms with Crippen molar-refractivity contribution in [2.75, 3.05) is 6.54 Å². The number of hydrazone groups is 1. The molecule has 7 nitrogen and oxygen atoms in total. The zero-order chi connectivity index (χ0) is 28.5. The van der Waals surface area contributed by atoms with Crippen molar-refractivity contribution in [3.05, 3.63) is 83.4 Å². The number of rotatable bonds is 13. The van der Waals surface area contributed by atoms with Crippen LogP contribution in [0.25, 0.3) is 0 Å². The molecule has 212 valence electrons. The monoisotopic (exact) mass is 543 g/mol. The maximum absolute atomic E-state index is 13.3. The van der Waals surface area contributed by atoms with Crippen LogP contribution in [0.1, 0.15) is 87.8 Å². The molecule has 2 N–H and O–H groups in total. The van der Waals surface area contributed by atoms with Gasteiger partial charge in [0.05, 0.1) is 23.6 Å². The number of carboxylic acids is 1. The molecule has 40 heavy (non-hydrogen) atoms. The second kappa shape index (κ2) is 13.6. The molecule has 2 saturated carbocycles. The Hall–Kier alpha value is -3.74. The molecule has 2 aliphatic carbocycles. The van der Waals surface area contributed by atoms with Crippen LogP contribution >= 0.6 is 0 Å². The number of amides is 2. The molecule has 7 heteroatoms. The highest BCUT2D eigenvalue weighted by Gasteiger charge is 2.48. The third kappa shape index (κ3) is 7.46. The van der Waals surface area contributed by atoms with Crippen molar-refractivity contribution in [1.29, 1.82) is 0 Å². The molecule has 2 aromatic rings. The third-order valence-corrected chi connectivity index (χ3v) is 8.25. The van der Waals surface area contributed by atoms with Gasteiger partial charge >= 0.3 is 5.97 Å². The zero-order valence-electron chi connectivity index (χ0n) is 23.6. The molecule has 2 amide bonds. The summed E-state index contributed by atoms with van der Waals surface area (Å²) in [5.74, 6) is -0.703. The van der Waals surface area contributed by atoms with Gasteiger partial charge in [0, 0.05) is 13.0 Å². The molecule has 0 spiro atoms. The van der Waals surface area contributed by atoms with Gasteiger partial charge in [0.1, 0.15) is 0 Å². The Labute approximate surface area is 237 Å². The number of hydrogen-bond acceptors (Lipinski definition) is 4. The van der Waals surface area contributed by atoms with Crippen LogP contribution in [-0.2, 0) is 20.9 Å². The third-order valence-electron chi connectivity index (χ3n) is 8.25. The maximum Gasteiger partial charge on any atom is 0.309 e. The van der Waals surface area contributed by atoms with Crippen LogP contribution in [0.3, 0.4) is 0 Å². The number of allylic oxidation sites excluding steroid dienone is 1. The molecule has 4 rings (SSSR count). The van der Waals surface area contributed by atoms with E-state index in [0.29, 0.717) is 31.8 Å². The SMILES string of the molecule is CCC(=O)N(Cc1ccc(C(C(=O)NC/C=C/CC2(C(=O)O)CC2)C2CCCC2)cc1)/N=C(\C)c1ccccc1. The quantitative estimate of drug-likeness (QED) is 0.182. The Morgan fingerprint density at radius 2 is 1.73 bits per heavy atom. The fourth-order valence-corrected chi connectivity index (χ4v) is 5.53. The number of benzene rings is 2. The van der Waals surface area contributed by atoms with E-state index >= 15 is 0 Å². The summed E-state index contributed by atoms with van der Waals surface area (Å²) in [6.07, 6.45) is 10.4. The minimum atomic E-state index is -0.730. The molecule has 0 aromatic heterocycles. The van der Waals surface area contributed by atoms with Gasteiger partial charge in [0.2, 0.25) is 11.8 Å². The topological polar surface area (TPSA) is 99.1 Å². The summed E-state index contributed by atoms with van der Waals surface area (Å²) in [4.78, 5) is 37.4. The van der Waals surface area contributed by atoms with E-state index < -0.39 is 11.4 Å². The van der Waals surface area contributed by atoms with Crippen molar-refractivity contribution in [2.45, 2.75) is 77.7 Å². The molecule has 0 radical (unpaired) electrons. The Morgan fingerprint density at radius 3 is 2.33 bits per heavy atom. The zero-order valence-corrected chi connectivity index (χ0v) is 23.6. The minimum Gasteiger partial charge on any atom is -0.481 e. The fraction of sp³-hybridized carbons (Fsp3) is 0.455. The van der Waals surface area contributed by atoms with Gasteiger partial charge in [0.15, 0.2) is 0 Å². The molecular formula is C33H41N3O4. The van der Waals surface area contributed by atoms with E-state index in [2.05, 4.69) is 10.4 Å². The first-order chi connectivity index (χ1) is 19.3. The summed E-state index contributed by atoms with van der Waals surface area (Å²) in [7, 11) is 0. The summed E-state index contributed by atoms with van der Waals surface area (Å²) >= 11 is 0. The first kappa shape index (κ1) is 29.2. The van der Waals surface area contributed by atoms with Crippen molar-refractivity contribution >= 4 is 23.5 Å². The Kier molecular flexibility index (Phi) is 9.91. The summed E-state index contributed by atoms with van der Waals surface area (Å²) in [5, 5.41) is 18.6. The van der Waals surface area contributed by atoms with Crippen molar-refractivity contribution in [3.8, 4) is 0 Å². The molecule has 2 aromatic carbocycles. The minimum absolute atomic E-state index is 0.00884. The van der Waals surface area contributed by atoms with Crippen molar-refractivity contribution < 1.29 is 19.5 Å². The van der Waals surface area contributed by atoms with E-state index in [4.69, 9.17) is 0 Å². The average Bonchev–Trinajstić information content (AvgIpc) is 3.58. The molecule has 0 aliphatic heterocycles. The largest absolute Gasteiger partial charge is 0.481 e. The van der Waals surface area contributed by atoms with Crippen LogP contribution in [-0.4, -0.2) is 40.2 Å². The number of hydrogen-bond donors (Lipinski definition) is 2. The summed E-state index contributed by atoms with van der Waals surface area (Å²) in [5.41, 5.74) is 3.10. The summed E-state index contributed by atoms with van der Waals surface area (Å²) < 4.78 is 0. The highest BCUT2D eigenvalue weighted by Crippen LogP contribution is 2.49. The Bertz CT molecular complexity index is 1230. The molecule has 2 fully saturated rings. The van der Waals surface area contributed by atoms with Gasteiger partial charge in [-0.2, -0.15) is 5.10 Å². The van der Waals surface area contributed by atoms with E-state index in [-0.39, 0.29) is 17.7 Å². The predicted octanol–water partition coefficient (Wildman–Crippen LogP) is 6.05. The number of nitrogens with zero attached hydrogens (tertiary/aromatic N) is 2. The number of aliphatic carboxylic acids is 1. The lowest BCUT2D eigenvalue weighted by atomic mass is 9.83. The van der Waals surface area contributed by atoms with Crippen LogP contribution in [0, 0.1) is 11.3 Å². The molecule has 0 bridgehead atoms. The van der Waals surface area contributed by atoms with Gasteiger partial charge < -0.3 is 10.4 Å². The highest BCUT2D eigenvalue weighted by molar-refractivity contribution is 5.99. The van der Waals surface area contributed by atoms with Gasteiger partial charge in [-0.05, 0) is 61.6 Å². The van der Waals surface area contributed by atoms with Crippen LogP contribution in [0.15, 0.2) is 71.9 Å². The lowest BCUT2D eigenvalue weighted by molar-refractivity contribution is -0.143. The number of nitrogens with one attached hydrogen (secondary N) is 1. The van der Waals surface area contributed by atoms with Crippen LogP contribution in [0.4, 0.5) is 0 Å². The van der Waals surface area contributed by atoms with Crippen LogP contribution in [0.2, 0.25) is 0 Å². The Morgan fingerprint density at radius 1 is 1.05 bits per heavy atom. The van der Waals surface area contributed by atoms with Crippen LogP contribution < -0.4 is 5.32 Å². The van der Waals surface area contributed by atoms with Gasteiger partial charge in [-0.3, -0.25) is 14.4 Å². The maximum atomic E-state index is 13.3. The van der Waals surface area contributed by atoms with E-state index in [1.54, 1.807) is 0 Å². The number of carbonyl (C=O) groups is 3. The molecule has 1 unspecified atom stereocenters.